The average Bonchev–Trinajstić information content (AvgIpc) is 2.85. The van der Waals surface area contributed by atoms with E-state index in [1.54, 1.807) is 23.0 Å². The highest BCUT2D eigenvalue weighted by molar-refractivity contribution is 5.71. The van der Waals surface area contributed by atoms with Crippen LogP contribution in [0.4, 0.5) is 21.7 Å². The summed E-state index contributed by atoms with van der Waals surface area (Å²) in [6.45, 7) is 1.82. The molecule has 2 aromatic heterocycles. The highest BCUT2D eigenvalue weighted by Gasteiger charge is 2.08. The van der Waals surface area contributed by atoms with Gasteiger partial charge in [-0.1, -0.05) is 0 Å². The van der Waals surface area contributed by atoms with Gasteiger partial charge in [0.05, 0.1) is 6.20 Å². The molecule has 0 aliphatic heterocycles. The number of benzene rings is 1. The molecule has 0 atom stereocenters. The number of halogens is 1. The number of imidazole rings is 1. The number of nitrogens with two attached hydrogens (primary N) is 1. The van der Waals surface area contributed by atoms with Gasteiger partial charge in [-0.25, -0.2) is 20.2 Å². The largest absolute Gasteiger partial charge is 0.337 e. The topological polar surface area (TPSA) is 80.3 Å². The van der Waals surface area contributed by atoms with E-state index in [1.807, 2.05) is 13.0 Å². The number of hydrazine groups is 1. The summed E-state index contributed by atoms with van der Waals surface area (Å²) in [5.74, 6) is 6.05. The van der Waals surface area contributed by atoms with E-state index in [1.165, 1.54) is 12.1 Å². The second-order valence-electron chi connectivity index (χ2n) is 4.42. The fourth-order valence-corrected chi connectivity index (χ4v) is 2.03. The minimum absolute atomic E-state index is 0.306. The molecule has 0 bridgehead atoms. The van der Waals surface area contributed by atoms with Crippen LogP contribution in [-0.4, -0.2) is 14.4 Å². The monoisotopic (exact) mass is 272 g/mol. The SMILES string of the molecule is Cc1cc(F)cc(Nc2nc(NN)cn3ccnc23)c1. The maximum atomic E-state index is 13.4. The summed E-state index contributed by atoms with van der Waals surface area (Å²) in [7, 11) is 0. The number of nitrogen functional groups attached to an aromatic ring is 1. The Labute approximate surface area is 114 Å². The Morgan fingerprint density at radius 2 is 2.15 bits per heavy atom. The molecule has 6 nitrogen and oxygen atoms in total. The first-order valence-electron chi connectivity index (χ1n) is 6.00. The van der Waals surface area contributed by atoms with Gasteiger partial charge in [-0.3, -0.25) is 0 Å². The van der Waals surface area contributed by atoms with E-state index in [4.69, 9.17) is 5.84 Å². The smallest absolute Gasteiger partial charge is 0.180 e. The van der Waals surface area contributed by atoms with Crippen LogP contribution in [0, 0.1) is 12.7 Å². The van der Waals surface area contributed by atoms with Crippen molar-refractivity contribution < 1.29 is 4.39 Å². The van der Waals surface area contributed by atoms with Gasteiger partial charge in [-0.2, -0.15) is 0 Å². The molecule has 0 spiro atoms. The summed E-state index contributed by atoms with van der Waals surface area (Å²) in [5.41, 5.74) is 4.54. The van der Waals surface area contributed by atoms with Crippen LogP contribution in [0.15, 0.2) is 36.8 Å². The fourth-order valence-electron chi connectivity index (χ4n) is 2.03. The highest BCUT2D eigenvalue weighted by atomic mass is 19.1. The van der Waals surface area contributed by atoms with Crippen LogP contribution < -0.4 is 16.6 Å². The Morgan fingerprint density at radius 1 is 1.30 bits per heavy atom. The molecule has 0 fully saturated rings. The number of fused-ring (bicyclic) bond motifs is 1. The molecular weight excluding hydrogens is 259 g/mol. The van der Waals surface area contributed by atoms with E-state index < -0.39 is 0 Å². The average molecular weight is 272 g/mol. The van der Waals surface area contributed by atoms with Gasteiger partial charge in [0.1, 0.15) is 5.82 Å². The molecule has 0 radical (unpaired) electrons. The van der Waals surface area contributed by atoms with Crippen LogP contribution in [0.3, 0.4) is 0 Å². The predicted octanol–water partition coefficient (Wildman–Crippen LogP) is 2.21. The molecule has 3 rings (SSSR count). The molecule has 7 heteroatoms. The van der Waals surface area contributed by atoms with Crippen molar-refractivity contribution in [1.82, 2.24) is 14.4 Å². The first-order valence-corrected chi connectivity index (χ1v) is 6.00. The maximum absolute atomic E-state index is 13.4. The molecule has 0 unspecified atom stereocenters. The Kier molecular flexibility index (Phi) is 2.96. The van der Waals surface area contributed by atoms with Gasteiger partial charge in [0, 0.05) is 18.1 Å². The van der Waals surface area contributed by atoms with E-state index in [0.717, 1.165) is 5.56 Å². The van der Waals surface area contributed by atoms with Crippen molar-refractivity contribution in [2.75, 3.05) is 10.7 Å². The van der Waals surface area contributed by atoms with Crippen LogP contribution in [0.25, 0.3) is 5.65 Å². The number of aryl methyl sites for hydroxylation is 1. The van der Waals surface area contributed by atoms with Crippen LogP contribution in [0.1, 0.15) is 5.56 Å². The predicted molar refractivity (Wildman–Crippen MR) is 75.2 cm³/mol. The standard InChI is InChI=1S/C13H13FN6/c1-8-4-9(14)6-10(5-8)17-12-13-16-2-3-20(13)7-11(18-12)19-15/h2-7,19H,15H2,1H3,(H,17,18). The van der Waals surface area contributed by atoms with Crippen molar-refractivity contribution in [2.24, 2.45) is 5.84 Å². The Hall–Kier alpha value is -2.67. The van der Waals surface area contributed by atoms with Gasteiger partial charge < -0.3 is 15.1 Å². The lowest BCUT2D eigenvalue weighted by Crippen LogP contribution is -2.11. The van der Waals surface area contributed by atoms with E-state index in [0.29, 0.717) is 23.0 Å². The van der Waals surface area contributed by atoms with Crippen molar-refractivity contribution in [3.63, 3.8) is 0 Å². The summed E-state index contributed by atoms with van der Waals surface area (Å²) >= 11 is 0. The van der Waals surface area contributed by atoms with Gasteiger partial charge in [-0.15, -0.1) is 0 Å². The molecule has 0 amide bonds. The molecule has 1 aromatic carbocycles. The number of nitrogens with zero attached hydrogens (tertiary/aromatic N) is 3. The summed E-state index contributed by atoms with van der Waals surface area (Å²) in [6.07, 6.45) is 5.14. The number of hydrogen-bond acceptors (Lipinski definition) is 5. The third-order valence-electron chi connectivity index (χ3n) is 2.83. The van der Waals surface area contributed by atoms with Crippen LogP contribution in [0.2, 0.25) is 0 Å². The summed E-state index contributed by atoms with van der Waals surface area (Å²) in [4.78, 5) is 8.50. The summed E-state index contributed by atoms with van der Waals surface area (Å²) < 4.78 is 15.2. The molecule has 0 saturated heterocycles. The molecule has 4 N–H and O–H groups in total. The van der Waals surface area contributed by atoms with Crippen molar-refractivity contribution >= 4 is 23.0 Å². The summed E-state index contributed by atoms with van der Waals surface area (Å²) in [5, 5.41) is 3.06. The minimum atomic E-state index is -0.306. The number of hydrogen-bond donors (Lipinski definition) is 3. The Morgan fingerprint density at radius 3 is 2.90 bits per heavy atom. The minimum Gasteiger partial charge on any atom is -0.337 e. The molecule has 2 heterocycles. The first-order chi connectivity index (χ1) is 9.65. The number of rotatable bonds is 3. The second-order valence-corrected chi connectivity index (χ2v) is 4.42. The zero-order valence-electron chi connectivity index (χ0n) is 10.8. The van der Waals surface area contributed by atoms with Gasteiger partial charge in [-0.05, 0) is 30.7 Å². The Bertz CT molecular complexity index is 746. The van der Waals surface area contributed by atoms with E-state index in [9.17, 15) is 4.39 Å². The summed E-state index contributed by atoms with van der Waals surface area (Å²) in [6, 6.07) is 4.69. The molecule has 102 valence electrons. The molecule has 0 aliphatic rings. The quantitative estimate of drug-likeness (QED) is 0.503. The molecule has 20 heavy (non-hydrogen) atoms. The third-order valence-corrected chi connectivity index (χ3v) is 2.83. The van der Waals surface area contributed by atoms with Gasteiger partial charge >= 0.3 is 0 Å². The zero-order valence-corrected chi connectivity index (χ0v) is 10.8. The molecule has 0 saturated carbocycles. The first kappa shape index (κ1) is 12.4. The molecule has 3 aromatic rings. The van der Waals surface area contributed by atoms with Crippen molar-refractivity contribution in [3.8, 4) is 0 Å². The molecule has 0 aliphatic carbocycles. The number of anilines is 3. The van der Waals surface area contributed by atoms with E-state index in [2.05, 4.69) is 20.7 Å². The highest BCUT2D eigenvalue weighted by Crippen LogP contribution is 2.22. The van der Waals surface area contributed by atoms with Gasteiger partial charge in [0.15, 0.2) is 17.3 Å². The fraction of sp³-hybridized carbons (Fsp3) is 0.0769. The normalized spacial score (nSPS) is 10.8. The van der Waals surface area contributed by atoms with E-state index >= 15 is 0 Å². The van der Waals surface area contributed by atoms with Crippen LogP contribution in [-0.2, 0) is 0 Å². The lowest BCUT2D eigenvalue weighted by Gasteiger charge is -2.10. The second kappa shape index (κ2) is 4.78. The van der Waals surface area contributed by atoms with Gasteiger partial charge in [0.2, 0.25) is 0 Å². The van der Waals surface area contributed by atoms with Crippen LogP contribution in [0.5, 0.6) is 0 Å². The van der Waals surface area contributed by atoms with Crippen molar-refractivity contribution in [1.29, 1.82) is 0 Å². The number of nitrogens with one attached hydrogen (secondary N) is 2. The molecular formula is C13H13FN6. The Balaban J connectivity index is 2.07. The van der Waals surface area contributed by atoms with E-state index in [-0.39, 0.29) is 5.82 Å². The van der Waals surface area contributed by atoms with Crippen molar-refractivity contribution in [3.05, 3.63) is 48.2 Å². The third kappa shape index (κ3) is 2.26. The zero-order chi connectivity index (χ0) is 14.1. The van der Waals surface area contributed by atoms with Crippen LogP contribution >= 0.6 is 0 Å². The lowest BCUT2D eigenvalue weighted by atomic mass is 10.2. The van der Waals surface area contributed by atoms with Gasteiger partial charge in [0.25, 0.3) is 0 Å². The number of aromatic nitrogens is 3. The van der Waals surface area contributed by atoms with Crippen molar-refractivity contribution in [2.45, 2.75) is 6.92 Å². The lowest BCUT2D eigenvalue weighted by molar-refractivity contribution is 0.627. The maximum Gasteiger partial charge on any atom is 0.180 e.